The number of aromatic nitrogens is 2. The first-order valence-electron chi connectivity index (χ1n) is 4.83. The van der Waals surface area contributed by atoms with Crippen molar-refractivity contribution in [2.45, 2.75) is 13.0 Å². The molecule has 0 aliphatic carbocycles. The minimum absolute atomic E-state index is 0.0912. The maximum absolute atomic E-state index is 13.0. The van der Waals surface area contributed by atoms with Gasteiger partial charge in [-0.2, -0.15) is 0 Å². The van der Waals surface area contributed by atoms with E-state index in [1.54, 1.807) is 29.2 Å². The van der Waals surface area contributed by atoms with Gasteiger partial charge in [-0.05, 0) is 25.1 Å². The molecule has 1 aromatic carbocycles. The van der Waals surface area contributed by atoms with E-state index in [9.17, 15) is 4.39 Å². The van der Waals surface area contributed by atoms with Gasteiger partial charge < -0.3 is 10.3 Å². The van der Waals surface area contributed by atoms with Crippen molar-refractivity contribution in [1.29, 1.82) is 0 Å². The van der Waals surface area contributed by atoms with Gasteiger partial charge in [0.15, 0.2) is 0 Å². The second kappa shape index (κ2) is 4.23. The highest BCUT2D eigenvalue weighted by molar-refractivity contribution is 6.30. The average Bonchev–Trinajstić information content (AvgIpc) is 2.71. The van der Waals surface area contributed by atoms with Crippen molar-refractivity contribution in [3.8, 4) is 5.69 Å². The fraction of sp³-hybridized carbons (Fsp3) is 0.182. The van der Waals surface area contributed by atoms with Crippen molar-refractivity contribution in [2.24, 2.45) is 5.73 Å². The predicted molar refractivity (Wildman–Crippen MR) is 61.1 cm³/mol. The van der Waals surface area contributed by atoms with Crippen LogP contribution in [0.5, 0.6) is 0 Å². The topological polar surface area (TPSA) is 43.8 Å². The number of nitrogens with two attached hydrogens (primary N) is 1. The van der Waals surface area contributed by atoms with Gasteiger partial charge in [-0.1, -0.05) is 11.6 Å². The molecule has 1 heterocycles. The quantitative estimate of drug-likeness (QED) is 0.876. The third kappa shape index (κ3) is 2.08. The lowest BCUT2D eigenvalue weighted by Gasteiger charge is -2.03. The van der Waals surface area contributed by atoms with Crippen LogP contribution in [0.15, 0.2) is 30.7 Å². The summed E-state index contributed by atoms with van der Waals surface area (Å²) in [7, 11) is 0. The molecule has 0 aliphatic heterocycles. The SMILES string of the molecule is C[C@H](N)c1cn(-c2ccc(F)c(Cl)c2)cn1. The van der Waals surface area contributed by atoms with Gasteiger partial charge in [0.2, 0.25) is 0 Å². The van der Waals surface area contributed by atoms with Crippen molar-refractivity contribution in [1.82, 2.24) is 9.55 Å². The van der Waals surface area contributed by atoms with Gasteiger partial charge in [-0.15, -0.1) is 0 Å². The molecule has 0 saturated carbocycles. The Morgan fingerprint density at radius 3 is 2.81 bits per heavy atom. The summed E-state index contributed by atoms with van der Waals surface area (Å²) in [5.74, 6) is -0.432. The van der Waals surface area contributed by atoms with Crippen LogP contribution < -0.4 is 5.73 Å². The molecule has 1 aromatic heterocycles. The van der Waals surface area contributed by atoms with E-state index in [0.29, 0.717) is 0 Å². The molecular formula is C11H11ClFN3. The number of halogens is 2. The third-order valence-electron chi connectivity index (χ3n) is 2.27. The molecule has 2 N–H and O–H groups in total. The summed E-state index contributed by atoms with van der Waals surface area (Å²) in [6.45, 7) is 1.85. The van der Waals surface area contributed by atoms with E-state index < -0.39 is 5.82 Å². The first-order chi connectivity index (χ1) is 7.58. The Morgan fingerprint density at radius 2 is 2.25 bits per heavy atom. The Balaban J connectivity index is 2.39. The molecule has 0 aliphatic rings. The zero-order valence-electron chi connectivity index (χ0n) is 8.69. The molecule has 0 amide bonds. The number of nitrogens with zero attached hydrogens (tertiary/aromatic N) is 2. The molecule has 0 spiro atoms. The Morgan fingerprint density at radius 1 is 1.50 bits per heavy atom. The molecular weight excluding hydrogens is 229 g/mol. The molecule has 0 saturated heterocycles. The lowest BCUT2D eigenvalue weighted by atomic mass is 10.3. The van der Waals surface area contributed by atoms with Gasteiger partial charge in [0.05, 0.1) is 17.0 Å². The Labute approximate surface area is 97.7 Å². The Kier molecular flexibility index (Phi) is 2.94. The minimum Gasteiger partial charge on any atom is -0.323 e. The molecule has 1 atom stereocenters. The van der Waals surface area contributed by atoms with Gasteiger partial charge in [0.25, 0.3) is 0 Å². The zero-order chi connectivity index (χ0) is 11.7. The third-order valence-corrected chi connectivity index (χ3v) is 2.56. The fourth-order valence-corrected chi connectivity index (χ4v) is 1.53. The van der Waals surface area contributed by atoms with Gasteiger partial charge in [-0.25, -0.2) is 9.37 Å². The molecule has 0 unspecified atom stereocenters. The van der Waals surface area contributed by atoms with E-state index in [0.717, 1.165) is 11.4 Å². The molecule has 3 nitrogen and oxygen atoms in total. The van der Waals surface area contributed by atoms with Gasteiger partial charge in [-0.3, -0.25) is 0 Å². The molecule has 2 aromatic rings. The number of hydrogen-bond acceptors (Lipinski definition) is 2. The molecule has 2 rings (SSSR count). The number of hydrogen-bond donors (Lipinski definition) is 1. The summed E-state index contributed by atoms with van der Waals surface area (Å²) >= 11 is 5.70. The van der Waals surface area contributed by atoms with Crippen LogP contribution >= 0.6 is 11.6 Å². The standard InChI is InChI=1S/C11H11ClFN3/c1-7(14)11-5-16(6-15-11)8-2-3-10(13)9(12)4-8/h2-7H,14H2,1H3/t7-/m0/s1. The Bertz CT molecular complexity index is 508. The zero-order valence-corrected chi connectivity index (χ0v) is 9.45. The van der Waals surface area contributed by atoms with Crippen molar-refractivity contribution >= 4 is 11.6 Å². The van der Waals surface area contributed by atoms with Crippen LogP contribution in [0.4, 0.5) is 4.39 Å². The van der Waals surface area contributed by atoms with E-state index in [1.165, 1.54) is 6.07 Å². The van der Waals surface area contributed by atoms with E-state index in [-0.39, 0.29) is 11.1 Å². The number of benzene rings is 1. The van der Waals surface area contributed by atoms with Crippen LogP contribution in [-0.2, 0) is 0 Å². The smallest absolute Gasteiger partial charge is 0.141 e. The second-order valence-electron chi connectivity index (χ2n) is 3.59. The maximum atomic E-state index is 13.0. The first-order valence-corrected chi connectivity index (χ1v) is 5.20. The van der Waals surface area contributed by atoms with Crippen LogP contribution in [0, 0.1) is 5.82 Å². The highest BCUT2D eigenvalue weighted by atomic mass is 35.5. The maximum Gasteiger partial charge on any atom is 0.141 e. The summed E-state index contributed by atoms with van der Waals surface area (Å²) < 4.78 is 14.7. The average molecular weight is 240 g/mol. The highest BCUT2D eigenvalue weighted by Crippen LogP contribution is 2.19. The molecule has 5 heteroatoms. The number of imidazole rings is 1. The van der Waals surface area contributed by atoms with Crippen molar-refractivity contribution < 1.29 is 4.39 Å². The fourth-order valence-electron chi connectivity index (χ4n) is 1.36. The van der Waals surface area contributed by atoms with Gasteiger partial charge >= 0.3 is 0 Å². The minimum atomic E-state index is -0.432. The van der Waals surface area contributed by atoms with Crippen LogP contribution in [0.3, 0.4) is 0 Å². The van der Waals surface area contributed by atoms with Crippen LogP contribution in [-0.4, -0.2) is 9.55 Å². The van der Waals surface area contributed by atoms with Crippen molar-refractivity contribution in [2.75, 3.05) is 0 Å². The molecule has 0 radical (unpaired) electrons. The molecule has 0 fully saturated rings. The van der Waals surface area contributed by atoms with Crippen molar-refractivity contribution in [3.05, 3.63) is 47.3 Å². The summed E-state index contributed by atoms with van der Waals surface area (Å²) in [5, 5.41) is 0.0912. The highest BCUT2D eigenvalue weighted by Gasteiger charge is 2.06. The monoisotopic (exact) mass is 239 g/mol. The van der Waals surface area contributed by atoms with Gasteiger partial charge in [0.1, 0.15) is 5.82 Å². The summed E-state index contributed by atoms with van der Waals surface area (Å²) in [4.78, 5) is 4.15. The summed E-state index contributed by atoms with van der Waals surface area (Å²) in [6.07, 6.45) is 3.43. The molecule has 84 valence electrons. The van der Waals surface area contributed by atoms with Gasteiger partial charge in [0, 0.05) is 17.9 Å². The van der Waals surface area contributed by atoms with Crippen LogP contribution in [0.2, 0.25) is 5.02 Å². The Hall–Kier alpha value is -1.39. The largest absolute Gasteiger partial charge is 0.323 e. The molecule has 0 bridgehead atoms. The van der Waals surface area contributed by atoms with Crippen molar-refractivity contribution in [3.63, 3.8) is 0 Å². The lowest BCUT2D eigenvalue weighted by Crippen LogP contribution is -2.04. The number of rotatable bonds is 2. The van der Waals surface area contributed by atoms with Crippen LogP contribution in [0.1, 0.15) is 18.7 Å². The normalized spacial score (nSPS) is 12.8. The lowest BCUT2D eigenvalue weighted by molar-refractivity contribution is 0.628. The second-order valence-corrected chi connectivity index (χ2v) is 4.00. The van der Waals surface area contributed by atoms with E-state index >= 15 is 0 Å². The first kappa shape index (κ1) is 11.1. The summed E-state index contributed by atoms with van der Waals surface area (Å²) in [6, 6.07) is 4.37. The van der Waals surface area contributed by atoms with E-state index in [2.05, 4.69) is 4.98 Å². The predicted octanol–water partition coefficient (Wildman–Crippen LogP) is 2.68. The van der Waals surface area contributed by atoms with Crippen LogP contribution in [0.25, 0.3) is 5.69 Å². The van der Waals surface area contributed by atoms with E-state index in [1.807, 2.05) is 6.92 Å². The molecule has 16 heavy (non-hydrogen) atoms. The van der Waals surface area contributed by atoms with E-state index in [4.69, 9.17) is 17.3 Å². The summed E-state index contributed by atoms with van der Waals surface area (Å²) in [5.41, 5.74) is 7.23.